The van der Waals surface area contributed by atoms with Crippen LogP contribution in [0.2, 0.25) is 0 Å². The summed E-state index contributed by atoms with van der Waals surface area (Å²) in [5.74, 6) is -0.125. The molecule has 0 spiro atoms. The Morgan fingerprint density at radius 3 is 2.27 bits per heavy atom. The van der Waals surface area contributed by atoms with Crippen molar-refractivity contribution in [2.75, 3.05) is 17.2 Å². The molecule has 26 heavy (non-hydrogen) atoms. The fourth-order valence-electron chi connectivity index (χ4n) is 3.40. The van der Waals surface area contributed by atoms with Crippen LogP contribution in [-0.2, 0) is 4.79 Å². The van der Waals surface area contributed by atoms with Crippen molar-refractivity contribution in [2.24, 2.45) is 0 Å². The number of carbonyl (C=O) groups excluding carboxylic acids is 2. The summed E-state index contributed by atoms with van der Waals surface area (Å²) in [6.45, 7) is 6.48. The van der Waals surface area contributed by atoms with Crippen molar-refractivity contribution in [2.45, 2.75) is 39.7 Å². The summed E-state index contributed by atoms with van der Waals surface area (Å²) in [4.78, 5) is 27.2. The second-order valence-corrected chi connectivity index (χ2v) is 6.85. The molecule has 5 heteroatoms. The highest BCUT2D eigenvalue weighted by atomic mass is 16.2. The molecule has 1 aliphatic heterocycles. The van der Waals surface area contributed by atoms with Crippen LogP contribution in [0.1, 0.15) is 29.5 Å². The first-order valence-electron chi connectivity index (χ1n) is 8.97. The van der Waals surface area contributed by atoms with Crippen molar-refractivity contribution < 1.29 is 9.59 Å². The second kappa shape index (κ2) is 7.60. The Bertz CT molecular complexity index is 812. The van der Waals surface area contributed by atoms with E-state index in [4.69, 9.17) is 0 Å². The standard InChI is InChI=1S/C21H25N3O2/c1-14-8-4-5-11-17(14)22-21(26)24-13-7-12-18(24)20(25)23-19-15(2)9-6-10-16(19)3/h4-6,8-11,18H,7,12-13H2,1-3H3,(H,22,26)(H,23,25). The number of carbonyl (C=O) groups is 2. The maximum Gasteiger partial charge on any atom is 0.322 e. The number of hydrogen-bond acceptors (Lipinski definition) is 2. The average Bonchev–Trinajstić information content (AvgIpc) is 3.10. The Morgan fingerprint density at radius 1 is 0.923 bits per heavy atom. The van der Waals surface area contributed by atoms with Crippen molar-refractivity contribution in [3.63, 3.8) is 0 Å². The molecule has 3 amide bonds. The second-order valence-electron chi connectivity index (χ2n) is 6.85. The summed E-state index contributed by atoms with van der Waals surface area (Å²) in [6.07, 6.45) is 1.50. The lowest BCUT2D eigenvalue weighted by molar-refractivity contribution is -0.119. The maximum atomic E-state index is 12.8. The summed E-state index contributed by atoms with van der Waals surface area (Å²) >= 11 is 0. The van der Waals surface area contributed by atoms with E-state index in [9.17, 15) is 9.59 Å². The van der Waals surface area contributed by atoms with Crippen molar-refractivity contribution in [3.05, 3.63) is 59.2 Å². The van der Waals surface area contributed by atoms with E-state index in [0.29, 0.717) is 13.0 Å². The number of hydrogen-bond donors (Lipinski definition) is 2. The van der Waals surface area contributed by atoms with E-state index in [-0.39, 0.29) is 11.9 Å². The molecule has 2 aromatic rings. The fraction of sp³-hybridized carbons (Fsp3) is 0.333. The number of likely N-dealkylation sites (tertiary alicyclic amines) is 1. The first kappa shape index (κ1) is 18.0. The molecule has 3 rings (SSSR count). The maximum absolute atomic E-state index is 12.8. The van der Waals surface area contributed by atoms with Crippen LogP contribution in [0.15, 0.2) is 42.5 Å². The molecule has 136 valence electrons. The Morgan fingerprint density at radius 2 is 1.58 bits per heavy atom. The molecule has 1 atom stereocenters. The lowest BCUT2D eigenvalue weighted by Crippen LogP contribution is -2.45. The third kappa shape index (κ3) is 3.72. The van der Waals surface area contributed by atoms with E-state index in [1.54, 1.807) is 4.90 Å². The van der Waals surface area contributed by atoms with E-state index in [1.807, 2.05) is 63.2 Å². The molecule has 0 aliphatic carbocycles. The third-order valence-electron chi connectivity index (χ3n) is 4.93. The van der Waals surface area contributed by atoms with Gasteiger partial charge in [-0.2, -0.15) is 0 Å². The van der Waals surface area contributed by atoms with E-state index in [0.717, 1.165) is 34.5 Å². The van der Waals surface area contributed by atoms with Crippen LogP contribution in [0.3, 0.4) is 0 Å². The summed E-state index contributed by atoms with van der Waals surface area (Å²) in [5, 5.41) is 5.95. The molecule has 1 heterocycles. The number of para-hydroxylation sites is 2. The molecule has 1 fully saturated rings. The molecule has 5 nitrogen and oxygen atoms in total. The molecule has 0 aromatic heterocycles. The Kier molecular flexibility index (Phi) is 5.26. The highest BCUT2D eigenvalue weighted by Crippen LogP contribution is 2.24. The van der Waals surface area contributed by atoms with Gasteiger partial charge in [0.05, 0.1) is 0 Å². The number of anilines is 2. The molecule has 1 saturated heterocycles. The van der Waals surface area contributed by atoms with Crippen molar-refractivity contribution in [1.82, 2.24) is 4.90 Å². The molecular formula is C21H25N3O2. The van der Waals surface area contributed by atoms with Gasteiger partial charge in [-0.15, -0.1) is 0 Å². The normalized spacial score (nSPS) is 16.4. The number of amides is 3. The zero-order valence-corrected chi connectivity index (χ0v) is 15.5. The minimum absolute atomic E-state index is 0.125. The smallest absolute Gasteiger partial charge is 0.322 e. The van der Waals surface area contributed by atoms with Gasteiger partial charge in [-0.25, -0.2) is 4.79 Å². The highest BCUT2D eigenvalue weighted by molar-refractivity contribution is 6.00. The topological polar surface area (TPSA) is 61.4 Å². The van der Waals surface area contributed by atoms with Crippen LogP contribution in [0.4, 0.5) is 16.2 Å². The minimum atomic E-state index is -0.446. The Hall–Kier alpha value is -2.82. The molecule has 2 aromatic carbocycles. The molecule has 1 aliphatic rings. The predicted molar refractivity (Wildman–Crippen MR) is 104 cm³/mol. The number of rotatable bonds is 3. The first-order chi connectivity index (χ1) is 12.5. The third-order valence-corrected chi connectivity index (χ3v) is 4.93. The van der Waals surface area contributed by atoms with Gasteiger partial charge in [-0.05, 0) is 56.4 Å². The fourth-order valence-corrected chi connectivity index (χ4v) is 3.40. The SMILES string of the molecule is Cc1ccccc1NC(=O)N1CCCC1C(=O)Nc1c(C)cccc1C. The van der Waals surface area contributed by atoms with Gasteiger partial charge < -0.3 is 15.5 Å². The van der Waals surface area contributed by atoms with Crippen molar-refractivity contribution >= 4 is 23.3 Å². The zero-order chi connectivity index (χ0) is 18.7. The van der Waals surface area contributed by atoms with Crippen molar-refractivity contribution in [1.29, 1.82) is 0 Å². The van der Waals surface area contributed by atoms with Gasteiger partial charge in [-0.1, -0.05) is 36.4 Å². The lowest BCUT2D eigenvalue weighted by Gasteiger charge is -2.25. The lowest BCUT2D eigenvalue weighted by atomic mass is 10.1. The van der Waals surface area contributed by atoms with Crippen LogP contribution < -0.4 is 10.6 Å². The first-order valence-corrected chi connectivity index (χ1v) is 8.97. The van der Waals surface area contributed by atoms with Gasteiger partial charge in [0.25, 0.3) is 0 Å². The monoisotopic (exact) mass is 351 g/mol. The van der Waals surface area contributed by atoms with E-state index < -0.39 is 6.04 Å². The average molecular weight is 351 g/mol. The van der Waals surface area contributed by atoms with Gasteiger partial charge in [0.1, 0.15) is 6.04 Å². The predicted octanol–water partition coefficient (Wildman–Crippen LogP) is 4.25. The number of urea groups is 1. The summed E-state index contributed by atoms with van der Waals surface area (Å²) in [5.41, 5.74) is 4.65. The quantitative estimate of drug-likeness (QED) is 0.868. The zero-order valence-electron chi connectivity index (χ0n) is 15.5. The largest absolute Gasteiger partial charge is 0.324 e. The molecule has 0 bridgehead atoms. The van der Waals surface area contributed by atoms with Gasteiger partial charge in [0.2, 0.25) is 5.91 Å². The molecule has 2 N–H and O–H groups in total. The molecule has 1 unspecified atom stereocenters. The van der Waals surface area contributed by atoms with Gasteiger partial charge in [0.15, 0.2) is 0 Å². The molecule has 0 saturated carbocycles. The number of benzene rings is 2. The van der Waals surface area contributed by atoms with E-state index >= 15 is 0 Å². The van der Waals surface area contributed by atoms with Gasteiger partial charge in [0, 0.05) is 17.9 Å². The number of nitrogens with one attached hydrogen (secondary N) is 2. The summed E-state index contributed by atoms with van der Waals surface area (Å²) in [6, 6.07) is 12.9. The number of nitrogens with zero attached hydrogens (tertiary/aromatic N) is 1. The summed E-state index contributed by atoms with van der Waals surface area (Å²) in [7, 11) is 0. The van der Waals surface area contributed by atoms with Crippen LogP contribution in [-0.4, -0.2) is 29.4 Å². The van der Waals surface area contributed by atoms with E-state index in [1.165, 1.54) is 0 Å². The van der Waals surface area contributed by atoms with Crippen LogP contribution >= 0.6 is 0 Å². The molecule has 0 radical (unpaired) electrons. The van der Waals surface area contributed by atoms with Crippen LogP contribution in [0, 0.1) is 20.8 Å². The number of aryl methyl sites for hydroxylation is 3. The van der Waals surface area contributed by atoms with Gasteiger partial charge in [-0.3, -0.25) is 4.79 Å². The summed E-state index contributed by atoms with van der Waals surface area (Å²) < 4.78 is 0. The van der Waals surface area contributed by atoms with E-state index in [2.05, 4.69) is 10.6 Å². The van der Waals surface area contributed by atoms with Crippen LogP contribution in [0.25, 0.3) is 0 Å². The minimum Gasteiger partial charge on any atom is -0.324 e. The molecular weight excluding hydrogens is 326 g/mol. The Balaban J connectivity index is 1.72. The Labute approximate surface area is 154 Å². The van der Waals surface area contributed by atoms with Crippen molar-refractivity contribution in [3.8, 4) is 0 Å². The van der Waals surface area contributed by atoms with Crippen LogP contribution in [0.5, 0.6) is 0 Å². The van der Waals surface area contributed by atoms with Gasteiger partial charge >= 0.3 is 6.03 Å². The highest BCUT2D eigenvalue weighted by Gasteiger charge is 2.34.